The van der Waals surface area contributed by atoms with Crippen molar-refractivity contribution in [3.05, 3.63) is 28.2 Å². The molecule has 15 heavy (non-hydrogen) atoms. The number of aromatic nitrogens is 1. The Morgan fingerprint density at radius 3 is 2.93 bits per heavy atom. The summed E-state index contributed by atoms with van der Waals surface area (Å²) in [7, 11) is 0. The van der Waals surface area contributed by atoms with E-state index in [1.165, 1.54) is 6.20 Å². The van der Waals surface area contributed by atoms with E-state index < -0.39 is 0 Å². The van der Waals surface area contributed by atoms with Crippen LogP contribution < -0.4 is 5.32 Å². The lowest BCUT2D eigenvalue weighted by molar-refractivity contribution is 0.229. The fraction of sp³-hybridized carbons (Fsp3) is 0.500. The first-order valence-corrected chi connectivity index (χ1v) is 5.78. The number of nitrogens with one attached hydrogen (secondary N) is 1. The second kappa shape index (κ2) is 5.01. The van der Waals surface area contributed by atoms with E-state index in [1.54, 1.807) is 6.07 Å². The van der Waals surface area contributed by atoms with Crippen molar-refractivity contribution in [3.63, 3.8) is 0 Å². The molecule has 0 aliphatic carbocycles. The zero-order chi connectivity index (χ0) is 10.7. The second-order valence-electron chi connectivity index (χ2n) is 3.63. The van der Waals surface area contributed by atoms with Gasteiger partial charge < -0.3 is 5.32 Å². The van der Waals surface area contributed by atoms with E-state index in [9.17, 15) is 4.39 Å². The van der Waals surface area contributed by atoms with Crippen LogP contribution in [0.1, 0.15) is 5.56 Å². The molecule has 2 rings (SSSR count). The lowest BCUT2D eigenvalue weighted by Gasteiger charge is -2.27. The van der Waals surface area contributed by atoms with Crippen molar-refractivity contribution in [1.82, 2.24) is 15.2 Å². The van der Waals surface area contributed by atoms with Crippen LogP contribution in [0.15, 0.2) is 16.7 Å². The topological polar surface area (TPSA) is 28.2 Å². The van der Waals surface area contributed by atoms with Crippen molar-refractivity contribution < 1.29 is 4.39 Å². The lowest BCUT2D eigenvalue weighted by Crippen LogP contribution is -2.43. The predicted octanol–water partition coefficient (Wildman–Crippen LogP) is 1.39. The van der Waals surface area contributed by atoms with Crippen LogP contribution in [0, 0.1) is 5.95 Å². The first-order chi connectivity index (χ1) is 7.25. The summed E-state index contributed by atoms with van der Waals surface area (Å²) in [5, 5.41) is 3.27. The number of pyridine rings is 1. The molecule has 1 saturated heterocycles. The summed E-state index contributed by atoms with van der Waals surface area (Å²) in [5.74, 6) is -0.364. The van der Waals surface area contributed by atoms with Crippen LogP contribution in [-0.4, -0.2) is 36.1 Å². The molecule has 82 valence electrons. The first-order valence-electron chi connectivity index (χ1n) is 4.99. The van der Waals surface area contributed by atoms with Crippen LogP contribution in [0.4, 0.5) is 4.39 Å². The van der Waals surface area contributed by atoms with Crippen molar-refractivity contribution in [2.75, 3.05) is 26.2 Å². The molecule has 1 N–H and O–H groups in total. The van der Waals surface area contributed by atoms with Gasteiger partial charge in [0, 0.05) is 49.0 Å². The summed E-state index contributed by atoms with van der Waals surface area (Å²) in [6.07, 6.45) is 1.48. The molecule has 0 radical (unpaired) electrons. The van der Waals surface area contributed by atoms with Crippen LogP contribution in [0.5, 0.6) is 0 Å². The Kier molecular flexibility index (Phi) is 3.66. The van der Waals surface area contributed by atoms with Crippen molar-refractivity contribution >= 4 is 15.9 Å². The molecule has 0 unspecified atom stereocenters. The Hall–Kier alpha value is -0.520. The highest BCUT2D eigenvalue weighted by molar-refractivity contribution is 9.10. The minimum atomic E-state index is -0.364. The Morgan fingerprint density at radius 2 is 2.20 bits per heavy atom. The number of halogens is 2. The first kappa shape index (κ1) is 11.0. The fourth-order valence-electron chi connectivity index (χ4n) is 1.69. The van der Waals surface area contributed by atoms with E-state index in [0.29, 0.717) is 12.1 Å². The number of nitrogens with zero attached hydrogens (tertiary/aromatic N) is 2. The summed E-state index contributed by atoms with van der Waals surface area (Å²) in [6, 6.07) is 1.80. The van der Waals surface area contributed by atoms with Crippen molar-refractivity contribution in [3.8, 4) is 0 Å². The second-order valence-corrected chi connectivity index (χ2v) is 4.55. The number of rotatable bonds is 2. The average molecular weight is 274 g/mol. The van der Waals surface area contributed by atoms with Gasteiger partial charge in [-0.15, -0.1) is 0 Å². The van der Waals surface area contributed by atoms with Crippen LogP contribution in [-0.2, 0) is 6.54 Å². The van der Waals surface area contributed by atoms with Gasteiger partial charge in [-0.2, -0.15) is 4.39 Å². The standard InChI is InChI=1S/C10H13BrFN3/c11-9-5-8(10(12)14-6-9)7-15-3-1-13-2-4-15/h5-6,13H,1-4,7H2. The summed E-state index contributed by atoms with van der Waals surface area (Å²) < 4.78 is 14.2. The molecule has 1 aromatic heterocycles. The van der Waals surface area contributed by atoms with Crippen LogP contribution in [0.25, 0.3) is 0 Å². The highest BCUT2D eigenvalue weighted by Gasteiger charge is 2.13. The predicted molar refractivity (Wildman–Crippen MR) is 60.0 cm³/mol. The lowest BCUT2D eigenvalue weighted by atomic mass is 10.2. The van der Waals surface area contributed by atoms with E-state index in [2.05, 4.69) is 31.1 Å². The highest BCUT2D eigenvalue weighted by Crippen LogP contribution is 2.15. The maximum absolute atomic E-state index is 13.4. The Bertz CT molecular complexity index is 339. The average Bonchev–Trinajstić information content (AvgIpc) is 2.25. The van der Waals surface area contributed by atoms with Gasteiger partial charge in [0.1, 0.15) is 0 Å². The fourth-order valence-corrected chi connectivity index (χ4v) is 2.06. The maximum Gasteiger partial charge on any atom is 0.217 e. The zero-order valence-electron chi connectivity index (χ0n) is 8.34. The number of piperazine rings is 1. The van der Waals surface area contributed by atoms with Crippen molar-refractivity contribution in [1.29, 1.82) is 0 Å². The van der Waals surface area contributed by atoms with Gasteiger partial charge in [0.2, 0.25) is 5.95 Å². The molecule has 0 atom stereocenters. The quantitative estimate of drug-likeness (QED) is 0.826. The van der Waals surface area contributed by atoms with Crippen LogP contribution in [0.2, 0.25) is 0 Å². The SMILES string of the molecule is Fc1ncc(Br)cc1CN1CCNCC1. The van der Waals surface area contributed by atoms with Gasteiger partial charge in [-0.05, 0) is 22.0 Å². The highest BCUT2D eigenvalue weighted by atomic mass is 79.9. The molecule has 0 saturated carbocycles. The van der Waals surface area contributed by atoms with Gasteiger partial charge in [0.15, 0.2) is 0 Å². The molecule has 0 bridgehead atoms. The Balaban J connectivity index is 2.05. The normalized spacial score (nSPS) is 18.0. The molecule has 1 aliphatic heterocycles. The maximum atomic E-state index is 13.4. The number of hydrogen-bond acceptors (Lipinski definition) is 3. The zero-order valence-corrected chi connectivity index (χ0v) is 9.93. The van der Waals surface area contributed by atoms with Gasteiger partial charge in [0.25, 0.3) is 0 Å². The smallest absolute Gasteiger partial charge is 0.217 e. The summed E-state index contributed by atoms with van der Waals surface area (Å²) in [5.41, 5.74) is 0.659. The molecule has 2 heterocycles. The molecule has 0 aromatic carbocycles. The third-order valence-electron chi connectivity index (χ3n) is 2.48. The molecule has 0 amide bonds. The Morgan fingerprint density at radius 1 is 1.47 bits per heavy atom. The molecule has 1 fully saturated rings. The molecular formula is C10H13BrFN3. The van der Waals surface area contributed by atoms with Crippen molar-refractivity contribution in [2.24, 2.45) is 0 Å². The van der Waals surface area contributed by atoms with Gasteiger partial charge in [-0.1, -0.05) is 0 Å². The molecule has 1 aliphatic rings. The molecular weight excluding hydrogens is 261 g/mol. The minimum Gasteiger partial charge on any atom is -0.314 e. The Labute approximate surface area is 96.8 Å². The van der Waals surface area contributed by atoms with Gasteiger partial charge in [-0.3, -0.25) is 4.90 Å². The van der Waals surface area contributed by atoms with Gasteiger partial charge in [0.05, 0.1) is 0 Å². The number of hydrogen-bond donors (Lipinski definition) is 1. The summed E-state index contributed by atoms with van der Waals surface area (Å²) >= 11 is 3.30. The van der Waals surface area contributed by atoms with E-state index >= 15 is 0 Å². The molecule has 0 spiro atoms. The van der Waals surface area contributed by atoms with Crippen LogP contribution in [0.3, 0.4) is 0 Å². The summed E-state index contributed by atoms with van der Waals surface area (Å²) in [6.45, 7) is 4.52. The van der Waals surface area contributed by atoms with E-state index in [0.717, 1.165) is 30.7 Å². The van der Waals surface area contributed by atoms with E-state index in [1.807, 2.05) is 0 Å². The van der Waals surface area contributed by atoms with Gasteiger partial charge in [-0.25, -0.2) is 4.98 Å². The van der Waals surface area contributed by atoms with E-state index in [-0.39, 0.29) is 5.95 Å². The van der Waals surface area contributed by atoms with E-state index in [4.69, 9.17) is 0 Å². The molecule has 5 heteroatoms. The minimum absolute atomic E-state index is 0.364. The van der Waals surface area contributed by atoms with Gasteiger partial charge >= 0.3 is 0 Å². The van der Waals surface area contributed by atoms with Crippen LogP contribution >= 0.6 is 15.9 Å². The molecule has 1 aromatic rings. The monoisotopic (exact) mass is 273 g/mol. The third-order valence-corrected chi connectivity index (χ3v) is 2.92. The van der Waals surface area contributed by atoms with Crippen molar-refractivity contribution in [2.45, 2.75) is 6.54 Å². The molecule has 3 nitrogen and oxygen atoms in total. The summed E-state index contributed by atoms with van der Waals surface area (Å²) in [4.78, 5) is 5.91. The largest absolute Gasteiger partial charge is 0.314 e. The third kappa shape index (κ3) is 2.96.